The van der Waals surface area contributed by atoms with Gasteiger partial charge in [0.05, 0.1) is 19.3 Å². The van der Waals surface area contributed by atoms with Gasteiger partial charge in [-0.1, -0.05) is 32.9 Å². The fourth-order valence-corrected chi connectivity index (χ4v) is 5.93. The monoisotopic (exact) mass is 436 g/mol. The first kappa shape index (κ1) is 24.2. The van der Waals surface area contributed by atoms with Crippen molar-refractivity contribution >= 4 is 8.32 Å². The zero-order valence-corrected chi connectivity index (χ0v) is 21.0. The number of hydrogen-bond acceptors (Lipinski definition) is 4. The van der Waals surface area contributed by atoms with Crippen LogP contribution >= 0.6 is 0 Å². The number of fused-ring (bicyclic) bond motifs is 1. The summed E-state index contributed by atoms with van der Waals surface area (Å²) in [6, 6.07) is 0. The summed E-state index contributed by atoms with van der Waals surface area (Å²) in [5.41, 5.74) is 1.44. The molecule has 0 aromatic rings. The molecule has 4 nitrogen and oxygen atoms in total. The number of ether oxygens (including phenoxy) is 3. The van der Waals surface area contributed by atoms with Gasteiger partial charge in [0.15, 0.2) is 14.6 Å². The summed E-state index contributed by atoms with van der Waals surface area (Å²) in [5.74, 6) is 1.68. The second kappa shape index (κ2) is 10.4. The van der Waals surface area contributed by atoms with E-state index in [1.165, 1.54) is 18.4 Å². The van der Waals surface area contributed by atoms with Crippen LogP contribution in [0.4, 0.5) is 0 Å². The van der Waals surface area contributed by atoms with Gasteiger partial charge in [-0.3, -0.25) is 0 Å². The molecule has 5 atom stereocenters. The third-order valence-corrected chi connectivity index (χ3v) is 12.3. The lowest BCUT2D eigenvalue weighted by molar-refractivity contribution is -0.197. The first-order chi connectivity index (χ1) is 14.2. The summed E-state index contributed by atoms with van der Waals surface area (Å²) < 4.78 is 24.9. The van der Waals surface area contributed by atoms with Crippen molar-refractivity contribution in [1.29, 1.82) is 0 Å². The minimum atomic E-state index is -1.78. The van der Waals surface area contributed by atoms with Gasteiger partial charge in [0.2, 0.25) is 0 Å². The van der Waals surface area contributed by atoms with Crippen LogP contribution in [-0.4, -0.2) is 47.1 Å². The van der Waals surface area contributed by atoms with Crippen LogP contribution in [0.2, 0.25) is 18.1 Å². The fraction of sp³-hybridized carbons (Fsp3) is 0.840. The van der Waals surface area contributed by atoms with Crippen molar-refractivity contribution in [3.8, 4) is 0 Å². The third-order valence-electron chi connectivity index (χ3n) is 7.76. The van der Waals surface area contributed by atoms with Crippen molar-refractivity contribution < 1.29 is 18.6 Å². The van der Waals surface area contributed by atoms with E-state index >= 15 is 0 Å². The zero-order chi connectivity index (χ0) is 21.8. The average Bonchev–Trinajstić information content (AvgIpc) is 3.03. The van der Waals surface area contributed by atoms with E-state index in [-0.39, 0.29) is 17.4 Å². The van der Waals surface area contributed by atoms with Crippen molar-refractivity contribution in [2.45, 2.75) is 89.8 Å². The van der Waals surface area contributed by atoms with Crippen LogP contribution in [-0.2, 0) is 18.6 Å². The van der Waals surface area contributed by atoms with Gasteiger partial charge in [0.1, 0.15) is 0 Å². The molecule has 0 N–H and O–H groups in total. The Morgan fingerprint density at radius 2 is 2.03 bits per heavy atom. The SMILES string of the molecule is C=CCOCC1=C[C@@H]2C[C@@H](OC3CCCCO3)[C@@H](CO[Si](C)(C)C(C)(C)C)[C@@H]2CC1. The largest absolute Gasteiger partial charge is 0.416 e. The Bertz CT molecular complexity index is 588. The van der Waals surface area contributed by atoms with Crippen molar-refractivity contribution in [3.63, 3.8) is 0 Å². The van der Waals surface area contributed by atoms with Crippen LogP contribution < -0.4 is 0 Å². The molecule has 3 rings (SSSR count). The van der Waals surface area contributed by atoms with Gasteiger partial charge >= 0.3 is 0 Å². The fourth-order valence-electron chi connectivity index (χ4n) is 4.88. The highest BCUT2D eigenvalue weighted by atomic mass is 28.4. The van der Waals surface area contributed by atoms with Gasteiger partial charge < -0.3 is 18.6 Å². The molecule has 30 heavy (non-hydrogen) atoms. The molecule has 1 aliphatic heterocycles. The van der Waals surface area contributed by atoms with Crippen LogP contribution in [0.1, 0.15) is 59.3 Å². The maximum absolute atomic E-state index is 6.71. The predicted octanol–water partition coefficient (Wildman–Crippen LogP) is 6.10. The van der Waals surface area contributed by atoms with E-state index in [2.05, 4.69) is 46.5 Å². The molecule has 1 unspecified atom stereocenters. The molecule has 5 heteroatoms. The van der Waals surface area contributed by atoms with Crippen molar-refractivity contribution in [1.82, 2.24) is 0 Å². The lowest BCUT2D eigenvalue weighted by Gasteiger charge is -2.39. The topological polar surface area (TPSA) is 36.9 Å². The molecule has 0 aromatic carbocycles. The molecule has 0 bridgehead atoms. The molecule has 0 aromatic heterocycles. The molecule has 3 aliphatic rings. The molecule has 2 aliphatic carbocycles. The number of rotatable bonds is 9. The van der Waals surface area contributed by atoms with Gasteiger partial charge in [-0.15, -0.1) is 6.58 Å². The lowest BCUT2D eigenvalue weighted by Crippen LogP contribution is -2.44. The molecule has 2 fully saturated rings. The normalized spacial score (nSPS) is 32.6. The highest BCUT2D eigenvalue weighted by molar-refractivity contribution is 6.74. The third kappa shape index (κ3) is 6.07. The van der Waals surface area contributed by atoms with Gasteiger partial charge in [-0.05, 0) is 74.1 Å². The van der Waals surface area contributed by atoms with Crippen molar-refractivity contribution in [2.24, 2.45) is 17.8 Å². The molecule has 0 amide bonds. The molecular formula is C25H44O4Si. The summed E-state index contributed by atoms with van der Waals surface area (Å²) in [4.78, 5) is 0. The summed E-state index contributed by atoms with van der Waals surface area (Å²) >= 11 is 0. The highest BCUT2D eigenvalue weighted by Gasteiger charge is 2.47. The summed E-state index contributed by atoms with van der Waals surface area (Å²) in [7, 11) is -1.78. The molecule has 0 spiro atoms. The van der Waals surface area contributed by atoms with Gasteiger partial charge in [0, 0.05) is 19.1 Å². The zero-order valence-electron chi connectivity index (χ0n) is 20.0. The first-order valence-corrected chi connectivity index (χ1v) is 14.9. The van der Waals surface area contributed by atoms with E-state index in [0.717, 1.165) is 45.5 Å². The Hall–Kier alpha value is -0.463. The maximum Gasteiger partial charge on any atom is 0.191 e. The van der Waals surface area contributed by atoms with E-state index in [9.17, 15) is 0 Å². The minimum absolute atomic E-state index is 0.0290. The first-order valence-electron chi connectivity index (χ1n) is 12.0. The predicted molar refractivity (Wildman–Crippen MR) is 125 cm³/mol. The van der Waals surface area contributed by atoms with Gasteiger partial charge in [0.25, 0.3) is 0 Å². The van der Waals surface area contributed by atoms with Crippen molar-refractivity contribution in [2.75, 3.05) is 26.4 Å². The van der Waals surface area contributed by atoms with Crippen LogP contribution in [0.3, 0.4) is 0 Å². The smallest absolute Gasteiger partial charge is 0.191 e. The average molecular weight is 437 g/mol. The molecule has 1 saturated carbocycles. The summed E-state index contributed by atoms with van der Waals surface area (Å²) in [6.45, 7) is 18.4. The Morgan fingerprint density at radius 1 is 1.23 bits per heavy atom. The quantitative estimate of drug-likeness (QED) is 0.249. The minimum Gasteiger partial charge on any atom is -0.416 e. The van der Waals surface area contributed by atoms with Crippen LogP contribution in [0.15, 0.2) is 24.3 Å². The maximum atomic E-state index is 6.71. The number of allylic oxidation sites excluding steroid dienone is 1. The second-order valence-electron chi connectivity index (χ2n) is 10.9. The van der Waals surface area contributed by atoms with E-state index in [0.29, 0.717) is 24.4 Å². The van der Waals surface area contributed by atoms with Gasteiger partial charge in [-0.2, -0.15) is 0 Å². The van der Waals surface area contributed by atoms with E-state index in [1.807, 2.05) is 6.08 Å². The van der Waals surface area contributed by atoms with E-state index in [4.69, 9.17) is 18.6 Å². The van der Waals surface area contributed by atoms with Gasteiger partial charge in [-0.25, -0.2) is 0 Å². The molecular weight excluding hydrogens is 392 g/mol. The Balaban J connectivity index is 1.68. The second-order valence-corrected chi connectivity index (χ2v) is 15.7. The number of hydrogen-bond donors (Lipinski definition) is 0. The van der Waals surface area contributed by atoms with Crippen molar-refractivity contribution in [3.05, 3.63) is 24.3 Å². The van der Waals surface area contributed by atoms with E-state index in [1.54, 1.807) is 0 Å². The Kier molecular flexibility index (Phi) is 8.41. The van der Waals surface area contributed by atoms with Crippen LogP contribution in [0.25, 0.3) is 0 Å². The standard InChI is InChI=1S/C25H44O4Si/c1-7-13-26-17-19-11-12-21-20(15-19)16-23(29-24-10-8-9-14-27-24)22(21)18-28-30(5,6)25(2,3)4/h7,15,20-24H,1,8-14,16-18H2,2-6H3/t20-,21-,22+,23-,24?/m1/s1. The Morgan fingerprint density at radius 3 is 2.70 bits per heavy atom. The lowest BCUT2D eigenvalue weighted by atomic mass is 9.79. The molecule has 1 saturated heterocycles. The molecule has 0 radical (unpaired) electrons. The summed E-state index contributed by atoms with van der Waals surface area (Å²) in [6.07, 6.45) is 11.3. The highest BCUT2D eigenvalue weighted by Crippen LogP contribution is 2.48. The molecule has 1 heterocycles. The molecule has 172 valence electrons. The Labute approximate surface area is 185 Å². The van der Waals surface area contributed by atoms with E-state index < -0.39 is 8.32 Å². The van der Waals surface area contributed by atoms with Crippen LogP contribution in [0, 0.1) is 17.8 Å². The summed E-state index contributed by atoms with van der Waals surface area (Å²) in [5, 5.41) is 0.232. The van der Waals surface area contributed by atoms with Crippen LogP contribution in [0.5, 0.6) is 0 Å².